The number of rotatable bonds is 4. The monoisotopic (exact) mass is 397 g/mol. The third-order valence-corrected chi connectivity index (χ3v) is 6.34. The zero-order valence-corrected chi connectivity index (χ0v) is 16.6. The van der Waals surface area contributed by atoms with Crippen molar-refractivity contribution in [1.82, 2.24) is 15.1 Å². The van der Waals surface area contributed by atoms with E-state index in [0.717, 1.165) is 30.6 Å². The van der Waals surface area contributed by atoms with Crippen LogP contribution in [-0.2, 0) is 9.59 Å². The van der Waals surface area contributed by atoms with Crippen LogP contribution < -0.4 is 5.32 Å². The lowest BCUT2D eigenvalue weighted by Gasteiger charge is -2.34. The number of carbonyl (C=O) groups excluding carboxylic acids is 4. The fraction of sp³-hybridized carbons (Fsp3) is 0.545. The van der Waals surface area contributed by atoms with E-state index in [4.69, 9.17) is 0 Å². The molecule has 0 radical (unpaired) electrons. The van der Waals surface area contributed by atoms with E-state index in [2.05, 4.69) is 5.32 Å². The summed E-state index contributed by atoms with van der Waals surface area (Å²) in [6.07, 6.45) is 6.83. The molecule has 1 aromatic rings. The Morgan fingerprint density at radius 2 is 1.48 bits per heavy atom. The normalized spacial score (nSPS) is 20.7. The Morgan fingerprint density at radius 3 is 2.07 bits per heavy atom. The maximum Gasteiger partial charge on any atom is 0.262 e. The van der Waals surface area contributed by atoms with Gasteiger partial charge in [-0.1, -0.05) is 31.4 Å². The maximum absolute atomic E-state index is 12.7. The highest BCUT2D eigenvalue weighted by atomic mass is 16.2. The van der Waals surface area contributed by atoms with E-state index in [9.17, 15) is 19.2 Å². The van der Waals surface area contributed by atoms with Gasteiger partial charge in [0, 0.05) is 25.0 Å². The number of imide groups is 1. The number of nitrogens with one attached hydrogen (secondary N) is 1. The number of nitrogens with zero attached hydrogens (tertiary/aromatic N) is 2. The molecule has 29 heavy (non-hydrogen) atoms. The molecule has 1 N–H and O–H groups in total. The predicted molar refractivity (Wildman–Crippen MR) is 106 cm³/mol. The van der Waals surface area contributed by atoms with Crippen molar-refractivity contribution in [3.05, 3.63) is 35.4 Å². The lowest BCUT2D eigenvalue weighted by molar-refractivity contribution is -0.132. The number of hydrogen-bond acceptors (Lipinski definition) is 4. The van der Waals surface area contributed by atoms with Crippen LogP contribution in [0.25, 0.3) is 0 Å². The summed E-state index contributed by atoms with van der Waals surface area (Å²) < 4.78 is 0. The standard InChI is InChI=1S/C22H27N3O4/c26-19(14-25-21(28)17-8-4-5-9-18(17)22(25)29)24-12-10-16(11-13-24)23-20(27)15-6-2-1-3-7-15/h4-5,8-9,15-16H,1-3,6-7,10-14H2,(H,23,27). The van der Waals surface area contributed by atoms with E-state index in [1.807, 2.05) is 0 Å². The quantitative estimate of drug-likeness (QED) is 0.787. The first kappa shape index (κ1) is 19.6. The molecule has 0 spiro atoms. The van der Waals surface area contributed by atoms with E-state index in [1.165, 1.54) is 6.42 Å². The molecule has 1 saturated heterocycles. The molecule has 0 unspecified atom stereocenters. The molecule has 1 aromatic carbocycles. The first-order valence-electron chi connectivity index (χ1n) is 10.6. The minimum atomic E-state index is -0.409. The van der Waals surface area contributed by atoms with Crippen LogP contribution in [0.15, 0.2) is 24.3 Å². The summed E-state index contributed by atoms with van der Waals surface area (Å²) >= 11 is 0. The molecule has 0 aromatic heterocycles. The Morgan fingerprint density at radius 1 is 0.897 bits per heavy atom. The van der Waals surface area contributed by atoms with Crippen molar-refractivity contribution in [2.45, 2.75) is 51.0 Å². The van der Waals surface area contributed by atoms with Gasteiger partial charge < -0.3 is 10.2 Å². The average molecular weight is 397 g/mol. The molecule has 2 fully saturated rings. The van der Waals surface area contributed by atoms with Crippen LogP contribution in [0, 0.1) is 5.92 Å². The van der Waals surface area contributed by atoms with Crippen LogP contribution in [0.1, 0.15) is 65.7 Å². The lowest BCUT2D eigenvalue weighted by atomic mass is 9.88. The Bertz CT molecular complexity index is 788. The third kappa shape index (κ3) is 4.04. The predicted octanol–water partition coefficient (Wildman–Crippen LogP) is 1.97. The molecular formula is C22H27N3O4. The average Bonchev–Trinajstić information content (AvgIpc) is 3.00. The molecule has 0 bridgehead atoms. The first-order valence-corrected chi connectivity index (χ1v) is 10.6. The van der Waals surface area contributed by atoms with Gasteiger partial charge in [-0.25, -0.2) is 0 Å². The third-order valence-electron chi connectivity index (χ3n) is 6.34. The van der Waals surface area contributed by atoms with Crippen molar-refractivity contribution in [3.8, 4) is 0 Å². The van der Waals surface area contributed by atoms with Crippen LogP contribution in [0.5, 0.6) is 0 Å². The molecule has 7 nitrogen and oxygen atoms in total. The van der Waals surface area contributed by atoms with Crippen molar-refractivity contribution in [2.24, 2.45) is 5.92 Å². The molecule has 1 aliphatic carbocycles. The summed E-state index contributed by atoms with van der Waals surface area (Å²) in [4.78, 5) is 52.7. The van der Waals surface area contributed by atoms with Crippen LogP contribution >= 0.6 is 0 Å². The minimum absolute atomic E-state index is 0.0905. The molecule has 3 aliphatic rings. The summed E-state index contributed by atoms with van der Waals surface area (Å²) in [5, 5.41) is 3.15. The fourth-order valence-corrected chi connectivity index (χ4v) is 4.58. The second kappa shape index (κ2) is 8.35. The molecule has 2 aliphatic heterocycles. The van der Waals surface area contributed by atoms with Gasteiger partial charge in [0.05, 0.1) is 11.1 Å². The van der Waals surface area contributed by atoms with Crippen molar-refractivity contribution >= 4 is 23.6 Å². The van der Waals surface area contributed by atoms with E-state index < -0.39 is 11.8 Å². The van der Waals surface area contributed by atoms with Gasteiger partial charge in [0.2, 0.25) is 11.8 Å². The first-order chi connectivity index (χ1) is 14.0. The molecule has 4 amide bonds. The van der Waals surface area contributed by atoms with Crippen molar-refractivity contribution in [2.75, 3.05) is 19.6 Å². The molecule has 7 heteroatoms. The topological polar surface area (TPSA) is 86.8 Å². The Balaban J connectivity index is 1.27. The number of hydrogen-bond donors (Lipinski definition) is 1. The van der Waals surface area contributed by atoms with Gasteiger partial charge in [-0.3, -0.25) is 24.1 Å². The number of piperidine rings is 1. The zero-order valence-electron chi connectivity index (χ0n) is 16.6. The Labute approximate surface area is 170 Å². The maximum atomic E-state index is 12.7. The van der Waals surface area contributed by atoms with Gasteiger partial charge >= 0.3 is 0 Å². The van der Waals surface area contributed by atoms with Gasteiger partial charge in [0.15, 0.2) is 0 Å². The molecule has 1 saturated carbocycles. The second-order valence-electron chi connectivity index (χ2n) is 8.24. The second-order valence-corrected chi connectivity index (χ2v) is 8.24. The smallest absolute Gasteiger partial charge is 0.262 e. The summed E-state index contributed by atoms with van der Waals surface area (Å²) in [5.74, 6) is -0.753. The number of fused-ring (bicyclic) bond motifs is 1. The summed E-state index contributed by atoms with van der Waals surface area (Å²) in [6.45, 7) is 0.820. The molecule has 2 heterocycles. The summed E-state index contributed by atoms with van der Waals surface area (Å²) in [7, 11) is 0. The Kier molecular flexibility index (Phi) is 5.65. The highest BCUT2D eigenvalue weighted by molar-refractivity contribution is 6.22. The van der Waals surface area contributed by atoms with Gasteiger partial charge in [0.1, 0.15) is 6.54 Å². The lowest BCUT2D eigenvalue weighted by Crippen LogP contribution is -2.50. The number of carbonyl (C=O) groups is 4. The van der Waals surface area contributed by atoms with Crippen molar-refractivity contribution < 1.29 is 19.2 Å². The number of amides is 4. The van der Waals surface area contributed by atoms with Crippen molar-refractivity contribution in [1.29, 1.82) is 0 Å². The summed E-state index contributed by atoms with van der Waals surface area (Å²) in [5.41, 5.74) is 0.712. The van der Waals surface area contributed by atoms with Gasteiger partial charge in [-0.15, -0.1) is 0 Å². The van der Waals surface area contributed by atoms with Crippen LogP contribution in [0.3, 0.4) is 0 Å². The van der Waals surface area contributed by atoms with Crippen LogP contribution in [0.2, 0.25) is 0 Å². The van der Waals surface area contributed by atoms with E-state index in [-0.39, 0.29) is 30.3 Å². The van der Waals surface area contributed by atoms with Crippen LogP contribution in [0.4, 0.5) is 0 Å². The zero-order chi connectivity index (χ0) is 20.4. The van der Waals surface area contributed by atoms with Crippen LogP contribution in [-0.4, -0.2) is 59.1 Å². The number of benzene rings is 1. The summed E-state index contributed by atoms with van der Waals surface area (Å²) in [6, 6.07) is 6.73. The van der Waals surface area contributed by atoms with Gasteiger partial charge in [-0.2, -0.15) is 0 Å². The molecule has 0 atom stereocenters. The Hall–Kier alpha value is -2.70. The number of likely N-dealkylation sites (tertiary alicyclic amines) is 1. The molecule has 4 rings (SSSR count). The van der Waals surface area contributed by atoms with Gasteiger partial charge in [0.25, 0.3) is 11.8 Å². The van der Waals surface area contributed by atoms with Crippen molar-refractivity contribution in [3.63, 3.8) is 0 Å². The largest absolute Gasteiger partial charge is 0.353 e. The molecular weight excluding hydrogens is 370 g/mol. The van der Waals surface area contributed by atoms with E-state index in [1.54, 1.807) is 29.2 Å². The van der Waals surface area contributed by atoms with E-state index in [0.29, 0.717) is 37.1 Å². The highest BCUT2D eigenvalue weighted by Gasteiger charge is 2.37. The minimum Gasteiger partial charge on any atom is -0.353 e. The van der Waals surface area contributed by atoms with Gasteiger partial charge in [-0.05, 0) is 37.8 Å². The highest BCUT2D eigenvalue weighted by Crippen LogP contribution is 2.25. The molecule has 154 valence electrons. The fourth-order valence-electron chi connectivity index (χ4n) is 4.58. The SMILES string of the molecule is O=C(NC1CCN(C(=O)CN2C(=O)c3ccccc3C2=O)CC1)C1CCCCC1. The van der Waals surface area contributed by atoms with E-state index >= 15 is 0 Å².